The Morgan fingerprint density at radius 3 is 1.88 bits per heavy atom. The number of hydrogen-bond acceptors (Lipinski definition) is 6. The van der Waals surface area contributed by atoms with E-state index in [2.05, 4.69) is 16.0 Å². The normalized spacial score (nSPS) is 13.3. The number of ether oxygens (including phenoxy) is 1. The summed E-state index contributed by atoms with van der Waals surface area (Å²) in [5, 5.41) is 8.41. The highest BCUT2D eigenvalue weighted by Gasteiger charge is 2.40. The maximum Gasteiger partial charge on any atom is 0.416 e. The van der Waals surface area contributed by atoms with Crippen molar-refractivity contribution in [3.63, 3.8) is 0 Å². The molecule has 12 heteroatoms. The van der Waals surface area contributed by atoms with Crippen LogP contribution in [-0.2, 0) is 15.8 Å². The number of imide groups is 1. The molecule has 0 aliphatic carbocycles. The number of alkyl halides is 3. The van der Waals surface area contributed by atoms with E-state index < -0.39 is 29.6 Å². The van der Waals surface area contributed by atoms with Gasteiger partial charge in [0.2, 0.25) is 0 Å². The van der Waals surface area contributed by atoms with Crippen LogP contribution in [0.1, 0.15) is 5.56 Å². The molecule has 218 valence electrons. The Balaban J connectivity index is 1.34. The van der Waals surface area contributed by atoms with Crippen molar-refractivity contribution >= 4 is 52.4 Å². The summed E-state index contributed by atoms with van der Waals surface area (Å²) < 4.78 is 44.3. The molecule has 4 aromatic rings. The molecule has 0 radical (unpaired) electrons. The molecule has 0 aromatic heterocycles. The number of urea groups is 1. The maximum atomic E-state index is 13.5. The zero-order valence-corrected chi connectivity index (χ0v) is 23.3. The Labute approximate surface area is 248 Å². The molecule has 0 saturated carbocycles. The molecule has 5 rings (SSSR count). The predicted molar refractivity (Wildman–Crippen MR) is 159 cm³/mol. The highest BCUT2D eigenvalue weighted by molar-refractivity contribution is 8.04. The van der Waals surface area contributed by atoms with Crippen molar-refractivity contribution < 1.29 is 32.3 Å². The molecule has 43 heavy (non-hydrogen) atoms. The Bertz CT molecular complexity index is 1680. The van der Waals surface area contributed by atoms with Crippen LogP contribution < -0.4 is 25.6 Å². The van der Waals surface area contributed by atoms with Crippen molar-refractivity contribution in [3.05, 3.63) is 119 Å². The van der Waals surface area contributed by atoms with Crippen LogP contribution in [0.15, 0.2) is 119 Å². The van der Waals surface area contributed by atoms with Crippen molar-refractivity contribution in [3.8, 4) is 5.75 Å². The average molecular weight is 605 g/mol. The number of carbonyl (C=O) groups is 3. The number of nitrogens with zero attached hydrogens (tertiary/aromatic N) is 1. The lowest BCUT2D eigenvalue weighted by Gasteiger charge is -2.16. The summed E-state index contributed by atoms with van der Waals surface area (Å²) in [6.45, 7) is 0. The molecule has 1 heterocycles. The third-order valence-electron chi connectivity index (χ3n) is 6.22. The van der Waals surface area contributed by atoms with E-state index in [0.29, 0.717) is 27.7 Å². The first-order valence-electron chi connectivity index (χ1n) is 12.7. The number of anilines is 4. The van der Waals surface area contributed by atoms with Crippen LogP contribution >= 0.6 is 11.8 Å². The summed E-state index contributed by atoms with van der Waals surface area (Å²) in [4.78, 5) is 40.9. The van der Waals surface area contributed by atoms with Gasteiger partial charge in [-0.25, -0.2) is 9.69 Å². The van der Waals surface area contributed by atoms with Gasteiger partial charge in [-0.15, -0.1) is 0 Å². The SMILES string of the molecule is COc1ccc(NC(=O)Nc2ccc(SC3=C(Nc4ccccc4)C(=O)N(c4ccc(C(F)(F)F)cc4)C3=O)cc2)cc1. The van der Waals surface area contributed by atoms with Gasteiger partial charge in [0.15, 0.2) is 0 Å². The van der Waals surface area contributed by atoms with Crippen LogP contribution in [0.25, 0.3) is 0 Å². The van der Waals surface area contributed by atoms with Gasteiger partial charge in [-0.3, -0.25) is 9.59 Å². The summed E-state index contributed by atoms with van der Waals surface area (Å²) in [6.07, 6.45) is -4.56. The lowest BCUT2D eigenvalue weighted by Crippen LogP contribution is -2.32. The van der Waals surface area contributed by atoms with Gasteiger partial charge in [0.05, 0.1) is 18.4 Å². The van der Waals surface area contributed by atoms with Crippen LogP contribution in [0.3, 0.4) is 0 Å². The van der Waals surface area contributed by atoms with Crippen LogP contribution in [0, 0.1) is 0 Å². The quantitative estimate of drug-likeness (QED) is 0.182. The van der Waals surface area contributed by atoms with Crippen molar-refractivity contribution in [2.75, 3.05) is 28.0 Å². The molecule has 3 N–H and O–H groups in total. The number of halogens is 3. The molecule has 8 nitrogen and oxygen atoms in total. The molecular weight excluding hydrogens is 581 g/mol. The molecule has 1 aliphatic heterocycles. The van der Waals surface area contributed by atoms with E-state index in [4.69, 9.17) is 4.74 Å². The highest BCUT2D eigenvalue weighted by Crippen LogP contribution is 2.39. The summed E-state index contributed by atoms with van der Waals surface area (Å²) in [7, 11) is 1.55. The van der Waals surface area contributed by atoms with E-state index >= 15 is 0 Å². The molecule has 0 atom stereocenters. The third-order valence-corrected chi connectivity index (χ3v) is 7.31. The van der Waals surface area contributed by atoms with Crippen LogP contribution in [0.2, 0.25) is 0 Å². The fourth-order valence-corrected chi connectivity index (χ4v) is 5.03. The number of para-hydroxylation sites is 1. The first-order chi connectivity index (χ1) is 20.6. The minimum atomic E-state index is -4.56. The smallest absolute Gasteiger partial charge is 0.416 e. The Kier molecular flexibility index (Phi) is 8.39. The van der Waals surface area contributed by atoms with Crippen LogP contribution in [-0.4, -0.2) is 25.0 Å². The zero-order chi connectivity index (χ0) is 30.6. The molecule has 0 fully saturated rings. The number of rotatable bonds is 8. The van der Waals surface area contributed by atoms with Gasteiger partial charge in [-0.1, -0.05) is 30.0 Å². The van der Waals surface area contributed by atoms with E-state index in [1.54, 1.807) is 86.0 Å². The second-order valence-electron chi connectivity index (χ2n) is 9.12. The summed E-state index contributed by atoms with van der Waals surface area (Å²) in [5.41, 5.74) is 0.695. The van der Waals surface area contributed by atoms with Crippen LogP contribution in [0.4, 0.5) is 40.7 Å². The average Bonchev–Trinajstić information content (AvgIpc) is 3.22. The Hall–Kier alpha value is -5.23. The Morgan fingerprint density at radius 2 is 1.33 bits per heavy atom. The van der Waals surface area contributed by atoms with Gasteiger partial charge >= 0.3 is 12.2 Å². The van der Waals surface area contributed by atoms with Gasteiger partial charge in [0, 0.05) is 22.0 Å². The molecule has 0 saturated heterocycles. The van der Waals surface area contributed by atoms with E-state index in [1.165, 1.54) is 0 Å². The van der Waals surface area contributed by atoms with Gasteiger partial charge in [0.1, 0.15) is 16.4 Å². The van der Waals surface area contributed by atoms with E-state index in [9.17, 15) is 27.6 Å². The second kappa shape index (κ2) is 12.3. The number of methoxy groups -OCH3 is 1. The third kappa shape index (κ3) is 6.81. The van der Waals surface area contributed by atoms with E-state index in [-0.39, 0.29) is 16.3 Å². The molecule has 0 bridgehead atoms. The zero-order valence-electron chi connectivity index (χ0n) is 22.4. The lowest BCUT2D eigenvalue weighted by atomic mass is 10.2. The largest absolute Gasteiger partial charge is 0.497 e. The molecule has 0 spiro atoms. The second-order valence-corrected chi connectivity index (χ2v) is 10.2. The lowest BCUT2D eigenvalue weighted by molar-refractivity contribution is -0.137. The highest BCUT2D eigenvalue weighted by atomic mass is 32.2. The molecule has 1 aliphatic rings. The van der Waals surface area contributed by atoms with Gasteiger partial charge < -0.3 is 20.7 Å². The number of benzene rings is 4. The van der Waals surface area contributed by atoms with Gasteiger partial charge in [-0.2, -0.15) is 13.2 Å². The van der Waals surface area contributed by atoms with Crippen molar-refractivity contribution in [2.45, 2.75) is 11.1 Å². The maximum absolute atomic E-state index is 13.5. The van der Waals surface area contributed by atoms with Crippen molar-refractivity contribution in [1.29, 1.82) is 0 Å². The van der Waals surface area contributed by atoms with Gasteiger partial charge in [-0.05, 0) is 84.9 Å². The van der Waals surface area contributed by atoms with Crippen molar-refractivity contribution in [1.82, 2.24) is 0 Å². The first kappa shape index (κ1) is 29.3. The predicted octanol–water partition coefficient (Wildman–Crippen LogP) is 7.35. The fraction of sp³-hybridized carbons (Fsp3) is 0.0645. The number of thioether (sulfide) groups is 1. The molecular formula is C31H23F3N4O4S. The number of amides is 4. The number of carbonyl (C=O) groups excluding carboxylic acids is 3. The van der Waals surface area contributed by atoms with E-state index in [0.717, 1.165) is 40.9 Å². The number of nitrogens with one attached hydrogen (secondary N) is 3. The minimum absolute atomic E-state index is 0.00776. The first-order valence-corrected chi connectivity index (χ1v) is 13.6. The summed E-state index contributed by atoms with van der Waals surface area (Å²) >= 11 is 1.01. The van der Waals surface area contributed by atoms with Crippen LogP contribution in [0.5, 0.6) is 5.75 Å². The summed E-state index contributed by atoms with van der Waals surface area (Å²) in [5.74, 6) is -0.736. The Morgan fingerprint density at radius 1 is 0.744 bits per heavy atom. The standard InChI is InChI=1S/C31H23F3N4O4S/c1-42-24-15-9-21(10-16-24)36-30(41)37-22-11-17-25(18-12-22)43-27-26(35-20-5-3-2-4-6-20)28(39)38(29(27)40)23-13-7-19(8-14-23)31(32,33)34/h2-18,35H,1H3,(H2,36,37,41). The van der Waals surface area contributed by atoms with Crippen molar-refractivity contribution in [2.24, 2.45) is 0 Å². The summed E-state index contributed by atoms with van der Waals surface area (Å²) in [6, 6.07) is 25.5. The fourth-order valence-electron chi connectivity index (χ4n) is 4.11. The van der Waals surface area contributed by atoms with Gasteiger partial charge in [0.25, 0.3) is 11.8 Å². The minimum Gasteiger partial charge on any atom is -0.497 e. The van der Waals surface area contributed by atoms with E-state index in [1.807, 2.05) is 0 Å². The topological polar surface area (TPSA) is 99.8 Å². The monoisotopic (exact) mass is 604 g/mol. The molecule has 0 unspecified atom stereocenters. The number of hydrogen-bond donors (Lipinski definition) is 3. The molecule has 4 aromatic carbocycles. The molecule has 4 amide bonds.